The quantitative estimate of drug-likeness (QED) is 0.423. The summed E-state index contributed by atoms with van der Waals surface area (Å²) in [6.45, 7) is 24.2. The van der Waals surface area contributed by atoms with Gasteiger partial charge in [0.1, 0.15) is 6.10 Å². The molecule has 2 rings (SSSR count). The van der Waals surface area contributed by atoms with E-state index < -0.39 is 0 Å². The molecule has 0 aliphatic heterocycles. The highest BCUT2D eigenvalue weighted by atomic mass is 16.5. The molecule has 1 aliphatic carbocycles. The Kier molecular flexibility index (Phi) is 10.5. The second-order valence-corrected chi connectivity index (χ2v) is 12.7. The fourth-order valence-corrected chi connectivity index (χ4v) is 4.05. The van der Waals surface area contributed by atoms with Crippen LogP contribution in [0.4, 0.5) is 0 Å². The maximum Gasteiger partial charge on any atom is 0.311 e. The fraction of sp³-hybridized carbons (Fsp3) is 0.767. The molecule has 1 aromatic rings. The zero-order valence-electron chi connectivity index (χ0n) is 23.1. The Bertz CT molecular complexity index is 677. The molecule has 2 nitrogen and oxygen atoms in total. The molecule has 0 heterocycles. The van der Waals surface area contributed by atoms with Gasteiger partial charge in [0, 0.05) is 0 Å². The number of hydrogen-bond acceptors (Lipinski definition) is 2. The maximum absolute atomic E-state index is 12.0. The summed E-state index contributed by atoms with van der Waals surface area (Å²) in [5.41, 5.74) is 3.21. The van der Waals surface area contributed by atoms with Crippen molar-refractivity contribution in [3.05, 3.63) is 35.4 Å². The van der Waals surface area contributed by atoms with Crippen LogP contribution in [0.15, 0.2) is 24.3 Å². The number of ether oxygens (including phenoxy) is 1. The Labute approximate surface area is 199 Å². The number of carbonyl (C=O) groups excluding carboxylic acids is 1. The largest absolute Gasteiger partial charge is 0.462 e. The molecule has 2 heteroatoms. The molecule has 0 amide bonds. The van der Waals surface area contributed by atoms with Gasteiger partial charge < -0.3 is 4.74 Å². The Morgan fingerprint density at radius 3 is 1.78 bits per heavy atom. The fourth-order valence-electron chi connectivity index (χ4n) is 4.05. The van der Waals surface area contributed by atoms with E-state index in [4.69, 9.17) is 4.74 Å². The molecule has 1 atom stereocenters. The second-order valence-electron chi connectivity index (χ2n) is 12.7. The van der Waals surface area contributed by atoms with Crippen molar-refractivity contribution < 1.29 is 9.53 Å². The number of rotatable bonds is 5. The average molecular weight is 445 g/mol. The molecule has 1 aromatic carbocycles. The first-order valence-electron chi connectivity index (χ1n) is 12.9. The number of carbonyl (C=O) groups is 1. The van der Waals surface area contributed by atoms with Crippen LogP contribution in [0.25, 0.3) is 0 Å². The van der Waals surface area contributed by atoms with Gasteiger partial charge in [-0.05, 0) is 86.2 Å². The third-order valence-electron chi connectivity index (χ3n) is 7.57. The first-order chi connectivity index (χ1) is 14.6. The van der Waals surface area contributed by atoms with Crippen molar-refractivity contribution in [3.63, 3.8) is 0 Å². The molecule has 1 saturated carbocycles. The molecule has 1 unspecified atom stereocenters. The van der Waals surface area contributed by atoms with Crippen molar-refractivity contribution in [2.75, 3.05) is 0 Å². The lowest BCUT2D eigenvalue weighted by Crippen LogP contribution is -2.34. The van der Waals surface area contributed by atoms with Crippen LogP contribution in [-0.4, -0.2) is 12.1 Å². The molecular formula is C30H52O2. The van der Waals surface area contributed by atoms with Crippen LogP contribution in [0.3, 0.4) is 0 Å². The van der Waals surface area contributed by atoms with Gasteiger partial charge in [0.05, 0.1) is 5.41 Å². The maximum atomic E-state index is 12.0. The third-order valence-corrected chi connectivity index (χ3v) is 7.57. The Hall–Kier alpha value is -1.31. The standard InChI is InChI=1S/C16H30O2.C14H22/c1-7-16(5,6)14(17)18-13-10-8-12(9-11-13)15(2,3)4;1-6-11(2)12-7-9-13(10-8-12)14(3,4)5/h12-13H,7-11H2,1-6H3;7-11H,6H2,1-5H3. The first kappa shape index (κ1) is 28.7. The highest BCUT2D eigenvalue weighted by molar-refractivity contribution is 5.76. The molecular weight excluding hydrogens is 392 g/mol. The van der Waals surface area contributed by atoms with E-state index in [1.54, 1.807) is 0 Å². The van der Waals surface area contributed by atoms with Gasteiger partial charge in [0.2, 0.25) is 0 Å². The molecule has 1 aliphatic rings. The van der Waals surface area contributed by atoms with Crippen LogP contribution >= 0.6 is 0 Å². The minimum Gasteiger partial charge on any atom is -0.462 e. The third kappa shape index (κ3) is 8.91. The molecule has 0 saturated heterocycles. The van der Waals surface area contributed by atoms with Crippen LogP contribution in [0, 0.1) is 16.7 Å². The van der Waals surface area contributed by atoms with E-state index >= 15 is 0 Å². The van der Waals surface area contributed by atoms with E-state index in [0.717, 1.165) is 25.2 Å². The predicted octanol–water partition coefficient (Wildman–Crippen LogP) is 9.07. The lowest BCUT2D eigenvalue weighted by molar-refractivity contribution is -0.162. The van der Waals surface area contributed by atoms with Crippen LogP contribution in [0.1, 0.15) is 132 Å². The molecule has 1 fully saturated rings. The van der Waals surface area contributed by atoms with Crippen molar-refractivity contribution >= 4 is 5.97 Å². The van der Waals surface area contributed by atoms with Crippen molar-refractivity contribution in [3.8, 4) is 0 Å². The Morgan fingerprint density at radius 2 is 1.41 bits per heavy atom. The minimum atomic E-state index is -0.332. The van der Waals surface area contributed by atoms with Crippen molar-refractivity contribution in [2.24, 2.45) is 16.7 Å². The van der Waals surface area contributed by atoms with Crippen LogP contribution in [-0.2, 0) is 14.9 Å². The number of esters is 1. The monoisotopic (exact) mass is 444 g/mol. The van der Waals surface area contributed by atoms with Gasteiger partial charge in [-0.1, -0.05) is 86.6 Å². The highest BCUT2D eigenvalue weighted by Gasteiger charge is 2.34. The van der Waals surface area contributed by atoms with Crippen molar-refractivity contribution in [2.45, 2.75) is 132 Å². The molecule has 0 bridgehead atoms. The molecule has 0 N–H and O–H groups in total. The van der Waals surface area contributed by atoms with E-state index in [-0.39, 0.29) is 22.9 Å². The van der Waals surface area contributed by atoms with Gasteiger partial charge in [0.25, 0.3) is 0 Å². The summed E-state index contributed by atoms with van der Waals surface area (Å²) in [7, 11) is 0. The summed E-state index contributed by atoms with van der Waals surface area (Å²) in [6, 6.07) is 9.08. The number of hydrogen-bond donors (Lipinski definition) is 0. The number of benzene rings is 1. The smallest absolute Gasteiger partial charge is 0.311 e. The normalized spacial score (nSPS) is 20.7. The van der Waals surface area contributed by atoms with Crippen molar-refractivity contribution in [1.29, 1.82) is 0 Å². The van der Waals surface area contributed by atoms with Gasteiger partial charge in [0.15, 0.2) is 0 Å². The van der Waals surface area contributed by atoms with Gasteiger partial charge in [-0.25, -0.2) is 0 Å². The van der Waals surface area contributed by atoms with Crippen LogP contribution < -0.4 is 0 Å². The van der Waals surface area contributed by atoms with E-state index in [0.29, 0.717) is 11.3 Å². The molecule has 0 spiro atoms. The topological polar surface area (TPSA) is 26.3 Å². The van der Waals surface area contributed by atoms with Gasteiger partial charge in [-0.2, -0.15) is 0 Å². The SMILES string of the molecule is CCC(C)(C)C(=O)OC1CCC(C(C)(C)C)CC1.CCC(C)c1ccc(C(C)(C)C)cc1. The zero-order chi connectivity index (χ0) is 24.7. The van der Waals surface area contributed by atoms with E-state index in [2.05, 4.69) is 79.7 Å². The summed E-state index contributed by atoms with van der Waals surface area (Å²) in [5, 5.41) is 0. The zero-order valence-corrected chi connectivity index (χ0v) is 23.1. The molecule has 0 aromatic heterocycles. The lowest BCUT2D eigenvalue weighted by atomic mass is 9.72. The van der Waals surface area contributed by atoms with Gasteiger partial charge >= 0.3 is 5.97 Å². The molecule has 32 heavy (non-hydrogen) atoms. The second kappa shape index (κ2) is 11.7. The lowest BCUT2D eigenvalue weighted by Gasteiger charge is -2.37. The average Bonchev–Trinajstić information content (AvgIpc) is 2.72. The Balaban J connectivity index is 0.000000330. The van der Waals surface area contributed by atoms with E-state index in [1.165, 1.54) is 30.4 Å². The Morgan fingerprint density at radius 1 is 0.906 bits per heavy atom. The molecule has 184 valence electrons. The van der Waals surface area contributed by atoms with Crippen LogP contribution in [0.2, 0.25) is 0 Å². The minimum absolute atomic E-state index is 0.0239. The summed E-state index contributed by atoms with van der Waals surface area (Å²) < 4.78 is 5.67. The summed E-state index contributed by atoms with van der Waals surface area (Å²) >= 11 is 0. The summed E-state index contributed by atoms with van der Waals surface area (Å²) in [4.78, 5) is 12.0. The van der Waals surface area contributed by atoms with Gasteiger partial charge in [-0.3, -0.25) is 4.79 Å². The van der Waals surface area contributed by atoms with E-state index in [1.807, 2.05) is 20.8 Å². The van der Waals surface area contributed by atoms with Gasteiger partial charge in [-0.15, -0.1) is 0 Å². The van der Waals surface area contributed by atoms with Crippen molar-refractivity contribution in [1.82, 2.24) is 0 Å². The molecule has 0 radical (unpaired) electrons. The summed E-state index contributed by atoms with van der Waals surface area (Å²) in [6.07, 6.45) is 6.66. The summed E-state index contributed by atoms with van der Waals surface area (Å²) in [5.74, 6) is 1.43. The van der Waals surface area contributed by atoms with E-state index in [9.17, 15) is 4.79 Å². The van der Waals surface area contributed by atoms with Crippen LogP contribution in [0.5, 0.6) is 0 Å². The predicted molar refractivity (Wildman–Crippen MR) is 139 cm³/mol. The first-order valence-corrected chi connectivity index (χ1v) is 12.9. The highest BCUT2D eigenvalue weighted by Crippen LogP contribution is 2.39.